The summed E-state index contributed by atoms with van der Waals surface area (Å²) >= 11 is 0. The molecule has 0 radical (unpaired) electrons. The van der Waals surface area contributed by atoms with Crippen LogP contribution < -0.4 is 9.47 Å². The normalized spacial score (nSPS) is 18.1. The Balaban J connectivity index is 2.02. The minimum atomic E-state index is 0.375. The van der Waals surface area contributed by atoms with E-state index < -0.39 is 0 Å². The fourth-order valence-corrected chi connectivity index (χ4v) is 3.05. The first-order chi connectivity index (χ1) is 10.2. The van der Waals surface area contributed by atoms with E-state index in [2.05, 4.69) is 36.2 Å². The molecule has 0 aliphatic carbocycles. The van der Waals surface area contributed by atoms with Crippen molar-refractivity contribution in [2.24, 2.45) is 0 Å². The van der Waals surface area contributed by atoms with E-state index in [0.29, 0.717) is 5.92 Å². The Kier molecular flexibility index (Phi) is 3.84. The molecule has 0 spiro atoms. The van der Waals surface area contributed by atoms with E-state index in [-0.39, 0.29) is 0 Å². The van der Waals surface area contributed by atoms with Crippen molar-refractivity contribution >= 4 is 0 Å². The van der Waals surface area contributed by atoms with E-state index in [0.717, 1.165) is 24.6 Å². The first kappa shape index (κ1) is 14.0. The minimum absolute atomic E-state index is 0.375. The van der Waals surface area contributed by atoms with Gasteiger partial charge in [0.25, 0.3) is 0 Å². The van der Waals surface area contributed by atoms with Crippen LogP contribution in [-0.4, -0.2) is 32.7 Å². The molecular formula is C18H21NO2. The average Bonchev–Trinajstić information content (AvgIpc) is 2.53. The van der Waals surface area contributed by atoms with Crippen LogP contribution in [0.25, 0.3) is 0 Å². The quantitative estimate of drug-likeness (QED) is 0.863. The minimum Gasteiger partial charge on any atom is -0.497 e. The molecule has 1 unspecified atom stereocenters. The average molecular weight is 283 g/mol. The summed E-state index contributed by atoms with van der Waals surface area (Å²) in [6, 6.07) is 14.8. The number of nitrogens with zero attached hydrogens (tertiary/aromatic N) is 1. The van der Waals surface area contributed by atoms with Crippen molar-refractivity contribution in [2.75, 3.05) is 27.8 Å². The molecule has 3 heteroatoms. The fourth-order valence-electron chi connectivity index (χ4n) is 3.05. The molecule has 2 aromatic carbocycles. The number of likely N-dealkylation sites (N-methyl/N-ethyl adjacent to an activating group) is 1. The number of fused-ring (bicyclic) bond motifs is 1. The van der Waals surface area contributed by atoms with Crippen LogP contribution in [0.4, 0.5) is 0 Å². The predicted octanol–water partition coefficient (Wildman–Crippen LogP) is 3.28. The van der Waals surface area contributed by atoms with Gasteiger partial charge in [-0.1, -0.05) is 18.2 Å². The van der Waals surface area contributed by atoms with E-state index in [1.165, 1.54) is 16.7 Å². The van der Waals surface area contributed by atoms with Crippen molar-refractivity contribution in [2.45, 2.75) is 12.5 Å². The number of hydrogen-bond acceptors (Lipinski definition) is 3. The number of rotatable bonds is 3. The van der Waals surface area contributed by atoms with Crippen LogP contribution >= 0.6 is 0 Å². The Morgan fingerprint density at radius 1 is 0.952 bits per heavy atom. The summed E-state index contributed by atoms with van der Waals surface area (Å²) in [5.74, 6) is 2.20. The third-order valence-corrected chi connectivity index (χ3v) is 4.18. The van der Waals surface area contributed by atoms with Gasteiger partial charge >= 0.3 is 0 Å². The van der Waals surface area contributed by atoms with Crippen LogP contribution in [0.3, 0.4) is 0 Å². The molecular weight excluding hydrogens is 262 g/mol. The first-order valence-electron chi connectivity index (χ1n) is 7.20. The van der Waals surface area contributed by atoms with Crippen molar-refractivity contribution in [1.29, 1.82) is 0 Å². The molecule has 0 aromatic heterocycles. The first-order valence-corrected chi connectivity index (χ1v) is 7.20. The summed E-state index contributed by atoms with van der Waals surface area (Å²) in [6.45, 7) is 2.01. The van der Waals surface area contributed by atoms with Gasteiger partial charge in [-0.25, -0.2) is 0 Å². The lowest BCUT2D eigenvalue weighted by molar-refractivity contribution is 0.294. The number of hydrogen-bond donors (Lipinski definition) is 0. The Labute approximate surface area is 126 Å². The molecule has 3 nitrogen and oxygen atoms in total. The highest BCUT2D eigenvalue weighted by molar-refractivity contribution is 5.45. The Bertz CT molecular complexity index is 622. The second-order valence-electron chi connectivity index (χ2n) is 5.59. The Morgan fingerprint density at radius 3 is 2.29 bits per heavy atom. The van der Waals surface area contributed by atoms with Crippen LogP contribution in [0.5, 0.6) is 11.5 Å². The smallest absolute Gasteiger partial charge is 0.119 e. The van der Waals surface area contributed by atoms with Crippen LogP contribution in [0.2, 0.25) is 0 Å². The van der Waals surface area contributed by atoms with E-state index >= 15 is 0 Å². The molecule has 110 valence electrons. The molecule has 1 atom stereocenters. The third kappa shape index (κ3) is 2.74. The van der Waals surface area contributed by atoms with E-state index in [4.69, 9.17) is 9.47 Å². The summed E-state index contributed by atoms with van der Waals surface area (Å²) < 4.78 is 10.6. The molecule has 2 aromatic rings. The van der Waals surface area contributed by atoms with Gasteiger partial charge in [0, 0.05) is 19.0 Å². The van der Waals surface area contributed by atoms with Gasteiger partial charge in [0.15, 0.2) is 0 Å². The van der Waals surface area contributed by atoms with Gasteiger partial charge in [-0.2, -0.15) is 0 Å². The fraction of sp³-hybridized carbons (Fsp3) is 0.333. The topological polar surface area (TPSA) is 21.7 Å². The maximum absolute atomic E-state index is 5.39. The molecule has 1 heterocycles. The van der Waals surface area contributed by atoms with Crippen LogP contribution in [0, 0.1) is 0 Å². The van der Waals surface area contributed by atoms with Gasteiger partial charge in [0.1, 0.15) is 11.5 Å². The van der Waals surface area contributed by atoms with Crippen molar-refractivity contribution in [1.82, 2.24) is 4.90 Å². The SMILES string of the molecule is COc1ccc(C2CN(C)Cc3ccc(OC)cc32)cc1. The van der Waals surface area contributed by atoms with Crippen LogP contribution in [0.15, 0.2) is 42.5 Å². The molecule has 0 saturated heterocycles. The van der Waals surface area contributed by atoms with Crippen LogP contribution in [0.1, 0.15) is 22.6 Å². The van der Waals surface area contributed by atoms with Crippen molar-refractivity contribution in [3.63, 3.8) is 0 Å². The van der Waals surface area contributed by atoms with E-state index in [9.17, 15) is 0 Å². The van der Waals surface area contributed by atoms with E-state index in [1.54, 1.807) is 14.2 Å². The summed E-state index contributed by atoms with van der Waals surface area (Å²) in [7, 11) is 5.59. The van der Waals surface area contributed by atoms with Crippen molar-refractivity contribution in [3.8, 4) is 11.5 Å². The number of benzene rings is 2. The van der Waals surface area contributed by atoms with Gasteiger partial charge in [0.2, 0.25) is 0 Å². The largest absolute Gasteiger partial charge is 0.497 e. The second-order valence-corrected chi connectivity index (χ2v) is 5.59. The summed E-state index contributed by atoms with van der Waals surface area (Å²) in [5.41, 5.74) is 4.07. The lowest BCUT2D eigenvalue weighted by Crippen LogP contribution is -2.30. The summed E-state index contributed by atoms with van der Waals surface area (Å²) in [6.07, 6.45) is 0. The molecule has 0 N–H and O–H groups in total. The maximum Gasteiger partial charge on any atom is 0.119 e. The number of ether oxygens (including phenoxy) is 2. The summed E-state index contributed by atoms with van der Waals surface area (Å²) in [4.78, 5) is 2.36. The van der Waals surface area contributed by atoms with Gasteiger partial charge in [-0.3, -0.25) is 0 Å². The lowest BCUT2D eigenvalue weighted by atomic mass is 9.84. The van der Waals surface area contributed by atoms with Gasteiger partial charge in [-0.15, -0.1) is 0 Å². The zero-order valence-corrected chi connectivity index (χ0v) is 12.8. The lowest BCUT2D eigenvalue weighted by Gasteiger charge is -2.33. The number of methoxy groups -OCH3 is 2. The highest BCUT2D eigenvalue weighted by atomic mass is 16.5. The predicted molar refractivity (Wildman–Crippen MR) is 84.2 cm³/mol. The molecule has 1 aliphatic heterocycles. The van der Waals surface area contributed by atoms with Gasteiger partial charge in [-0.05, 0) is 48.0 Å². The standard InChI is InChI=1S/C18H21NO2/c1-19-11-14-6-9-16(21-3)10-17(14)18(12-19)13-4-7-15(20-2)8-5-13/h4-10,18H,11-12H2,1-3H3. The molecule has 1 aliphatic rings. The monoisotopic (exact) mass is 283 g/mol. The maximum atomic E-state index is 5.39. The van der Waals surface area contributed by atoms with Crippen LogP contribution in [-0.2, 0) is 6.54 Å². The molecule has 21 heavy (non-hydrogen) atoms. The second kappa shape index (κ2) is 5.78. The van der Waals surface area contributed by atoms with Crippen molar-refractivity contribution < 1.29 is 9.47 Å². The van der Waals surface area contributed by atoms with Gasteiger partial charge in [0.05, 0.1) is 14.2 Å². The molecule has 0 saturated carbocycles. The molecule has 0 bridgehead atoms. The highest BCUT2D eigenvalue weighted by Crippen LogP contribution is 2.35. The zero-order valence-electron chi connectivity index (χ0n) is 12.8. The molecule has 3 rings (SSSR count). The highest BCUT2D eigenvalue weighted by Gasteiger charge is 2.25. The zero-order chi connectivity index (χ0) is 14.8. The summed E-state index contributed by atoms with van der Waals surface area (Å²) in [5, 5.41) is 0. The van der Waals surface area contributed by atoms with Gasteiger partial charge < -0.3 is 14.4 Å². The molecule has 0 amide bonds. The molecule has 0 fully saturated rings. The third-order valence-electron chi connectivity index (χ3n) is 4.18. The van der Waals surface area contributed by atoms with E-state index in [1.807, 2.05) is 18.2 Å². The van der Waals surface area contributed by atoms with Crippen molar-refractivity contribution in [3.05, 3.63) is 59.2 Å². The Morgan fingerprint density at radius 2 is 1.62 bits per heavy atom. The Hall–Kier alpha value is -2.00.